The van der Waals surface area contributed by atoms with Crippen LogP contribution in [0.4, 0.5) is 0 Å². The Kier molecular flexibility index (Phi) is 9.60. The Hall–Kier alpha value is -3.13. The van der Waals surface area contributed by atoms with E-state index in [0.29, 0.717) is 35.8 Å². The Balaban J connectivity index is 1.84. The van der Waals surface area contributed by atoms with Crippen LogP contribution in [-0.2, 0) is 4.79 Å². The van der Waals surface area contributed by atoms with E-state index in [1.807, 2.05) is 19.1 Å². The minimum atomic E-state index is -0.453. The van der Waals surface area contributed by atoms with Crippen LogP contribution in [0.2, 0.25) is 0 Å². The lowest BCUT2D eigenvalue weighted by Gasteiger charge is -2.08. The second-order valence-electron chi connectivity index (χ2n) is 6.13. The van der Waals surface area contributed by atoms with Crippen LogP contribution in [0.1, 0.15) is 29.3 Å². The van der Waals surface area contributed by atoms with Crippen LogP contribution < -0.4 is 20.2 Å². The number of benzene rings is 2. The number of hydrogen-bond donors (Lipinski definition) is 2. The molecule has 8 heteroatoms. The van der Waals surface area contributed by atoms with Gasteiger partial charge in [-0.05, 0) is 48.9 Å². The van der Waals surface area contributed by atoms with E-state index in [0.717, 1.165) is 10.9 Å². The third kappa shape index (κ3) is 7.71. The van der Waals surface area contributed by atoms with Crippen molar-refractivity contribution in [2.75, 3.05) is 19.8 Å². The SMILES string of the molecule is C=CCOc1ccc(Br)cc1/C=N\NC(=O)CNC(=O)c1ccc(OCCC)cc1. The fourth-order valence-electron chi connectivity index (χ4n) is 2.30. The Morgan fingerprint density at radius 3 is 2.63 bits per heavy atom. The van der Waals surface area contributed by atoms with Gasteiger partial charge < -0.3 is 14.8 Å². The summed E-state index contributed by atoms with van der Waals surface area (Å²) in [7, 11) is 0. The molecule has 0 aliphatic rings. The number of ether oxygens (including phenoxy) is 2. The van der Waals surface area contributed by atoms with Crippen LogP contribution in [0.5, 0.6) is 11.5 Å². The van der Waals surface area contributed by atoms with Crippen LogP contribution in [0.15, 0.2) is 64.7 Å². The summed E-state index contributed by atoms with van der Waals surface area (Å²) in [5.74, 6) is 0.495. The zero-order chi connectivity index (χ0) is 21.8. The molecule has 0 spiro atoms. The standard InChI is InChI=1S/C22H24BrN3O4/c1-3-11-29-19-8-5-16(6-9-19)22(28)24-15-21(27)26-25-14-17-13-18(23)7-10-20(17)30-12-4-2/h4-10,13-14H,2-3,11-12,15H2,1H3,(H,24,28)(H,26,27)/b25-14-. The molecule has 0 fully saturated rings. The summed E-state index contributed by atoms with van der Waals surface area (Å²) in [6.07, 6.45) is 4.02. The van der Waals surface area contributed by atoms with Gasteiger partial charge in [-0.3, -0.25) is 9.59 Å². The maximum Gasteiger partial charge on any atom is 0.259 e. The van der Waals surface area contributed by atoms with Crippen molar-refractivity contribution in [3.63, 3.8) is 0 Å². The van der Waals surface area contributed by atoms with Crippen molar-refractivity contribution in [2.45, 2.75) is 13.3 Å². The van der Waals surface area contributed by atoms with E-state index in [1.54, 1.807) is 36.4 Å². The Morgan fingerprint density at radius 1 is 1.17 bits per heavy atom. The molecule has 2 N–H and O–H groups in total. The van der Waals surface area contributed by atoms with Gasteiger partial charge in [0.15, 0.2) is 0 Å². The second kappa shape index (κ2) is 12.4. The minimum Gasteiger partial charge on any atom is -0.494 e. The number of nitrogens with one attached hydrogen (secondary N) is 2. The zero-order valence-corrected chi connectivity index (χ0v) is 18.3. The van der Waals surface area contributed by atoms with E-state index in [9.17, 15) is 9.59 Å². The number of carbonyl (C=O) groups is 2. The van der Waals surface area contributed by atoms with Gasteiger partial charge in [0.05, 0.1) is 19.4 Å². The molecule has 0 radical (unpaired) electrons. The third-order valence-corrected chi connectivity index (χ3v) is 4.21. The molecule has 2 aromatic rings. The number of carbonyl (C=O) groups excluding carboxylic acids is 2. The molecule has 158 valence electrons. The maximum atomic E-state index is 12.2. The molecule has 0 unspecified atom stereocenters. The van der Waals surface area contributed by atoms with Crippen molar-refractivity contribution < 1.29 is 19.1 Å². The van der Waals surface area contributed by atoms with E-state index in [1.165, 1.54) is 6.21 Å². The smallest absolute Gasteiger partial charge is 0.259 e. The quantitative estimate of drug-likeness (QED) is 0.296. The summed E-state index contributed by atoms with van der Waals surface area (Å²) in [5.41, 5.74) is 3.50. The van der Waals surface area contributed by atoms with Crippen LogP contribution in [0, 0.1) is 0 Å². The van der Waals surface area contributed by atoms with E-state index >= 15 is 0 Å². The summed E-state index contributed by atoms with van der Waals surface area (Å²) in [4.78, 5) is 24.1. The molecule has 2 amide bonds. The van der Waals surface area contributed by atoms with Gasteiger partial charge in [-0.15, -0.1) is 0 Å². The normalized spacial score (nSPS) is 10.5. The van der Waals surface area contributed by atoms with Crippen molar-refractivity contribution in [3.05, 3.63) is 70.7 Å². The molecule has 30 heavy (non-hydrogen) atoms. The van der Waals surface area contributed by atoms with Gasteiger partial charge in [-0.2, -0.15) is 5.10 Å². The lowest BCUT2D eigenvalue weighted by atomic mass is 10.2. The van der Waals surface area contributed by atoms with E-state index in [2.05, 4.69) is 38.4 Å². The number of hydrazone groups is 1. The van der Waals surface area contributed by atoms with Crippen LogP contribution in [-0.4, -0.2) is 37.8 Å². The largest absolute Gasteiger partial charge is 0.494 e. The van der Waals surface area contributed by atoms with E-state index < -0.39 is 5.91 Å². The summed E-state index contributed by atoms with van der Waals surface area (Å²) in [5, 5.41) is 6.47. The molecule has 2 rings (SSSR count). The van der Waals surface area contributed by atoms with Crippen molar-refractivity contribution in [3.8, 4) is 11.5 Å². The average molecular weight is 474 g/mol. The van der Waals surface area contributed by atoms with Crippen molar-refractivity contribution in [2.24, 2.45) is 5.10 Å². The number of hydrogen-bond acceptors (Lipinski definition) is 5. The first-order chi connectivity index (χ1) is 14.5. The predicted molar refractivity (Wildman–Crippen MR) is 120 cm³/mol. The summed E-state index contributed by atoms with van der Waals surface area (Å²) in [6.45, 7) is 6.40. The number of halogens is 1. The number of rotatable bonds is 11. The lowest BCUT2D eigenvalue weighted by Crippen LogP contribution is -2.34. The monoisotopic (exact) mass is 473 g/mol. The van der Waals surface area contributed by atoms with Gasteiger partial charge in [0.25, 0.3) is 11.8 Å². The molecule has 0 heterocycles. The third-order valence-electron chi connectivity index (χ3n) is 3.72. The van der Waals surface area contributed by atoms with Gasteiger partial charge in [0.1, 0.15) is 18.1 Å². The number of amides is 2. The maximum absolute atomic E-state index is 12.2. The predicted octanol–water partition coefficient (Wildman–Crippen LogP) is 3.68. The second-order valence-corrected chi connectivity index (χ2v) is 7.05. The molecular formula is C22H24BrN3O4. The summed E-state index contributed by atoms with van der Waals surface area (Å²) >= 11 is 3.38. The molecule has 0 saturated heterocycles. The summed E-state index contributed by atoms with van der Waals surface area (Å²) in [6, 6.07) is 12.2. The van der Waals surface area contributed by atoms with E-state index in [4.69, 9.17) is 9.47 Å². The first-order valence-corrected chi connectivity index (χ1v) is 10.2. The van der Waals surface area contributed by atoms with Gasteiger partial charge in [-0.1, -0.05) is 35.5 Å². The van der Waals surface area contributed by atoms with Gasteiger partial charge in [0.2, 0.25) is 0 Å². The highest BCUT2D eigenvalue weighted by atomic mass is 79.9. The highest BCUT2D eigenvalue weighted by Gasteiger charge is 2.08. The first-order valence-electron chi connectivity index (χ1n) is 9.39. The zero-order valence-electron chi connectivity index (χ0n) is 16.7. The molecular weight excluding hydrogens is 450 g/mol. The molecule has 7 nitrogen and oxygen atoms in total. The molecule has 0 aromatic heterocycles. The minimum absolute atomic E-state index is 0.206. The van der Waals surface area contributed by atoms with Crippen molar-refractivity contribution in [1.29, 1.82) is 0 Å². The molecule has 0 bridgehead atoms. The molecule has 2 aromatic carbocycles. The van der Waals surface area contributed by atoms with Crippen LogP contribution in [0.25, 0.3) is 0 Å². The van der Waals surface area contributed by atoms with Gasteiger partial charge in [0, 0.05) is 15.6 Å². The van der Waals surface area contributed by atoms with E-state index in [-0.39, 0.29) is 12.5 Å². The Bertz CT molecular complexity index is 898. The molecule has 0 atom stereocenters. The molecule has 0 aliphatic heterocycles. The van der Waals surface area contributed by atoms with Crippen molar-refractivity contribution >= 4 is 34.0 Å². The highest BCUT2D eigenvalue weighted by Crippen LogP contribution is 2.21. The fourth-order valence-corrected chi connectivity index (χ4v) is 2.68. The first kappa shape index (κ1) is 23.2. The van der Waals surface area contributed by atoms with Crippen LogP contribution in [0.3, 0.4) is 0 Å². The van der Waals surface area contributed by atoms with Gasteiger partial charge in [-0.25, -0.2) is 5.43 Å². The fraction of sp³-hybridized carbons (Fsp3) is 0.227. The number of nitrogens with zero attached hydrogens (tertiary/aromatic N) is 1. The molecule has 0 aliphatic carbocycles. The van der Waals surface area contributed by atoms with Gasteiger partial charge >= 0.3 is 0 Å². The molecule has 0 saturated carbocycles. The Labute approximate surface area is 184 Å². The Morgan fingerprint density at radius 2 is 1.93 bits per heavy atom. The van der Waals surface area contributed by atoms with Crippen LogP contribution >= 0.6 is 15.9 Å². The lowest BCUT2D eigenvalue weighted by molar-refractivity contribution is -0.120. The highest BCUT2D eigenvalue weighted by molar-refractivity contribution is 9.10. The topological polar surface area (TPSA) is 89.0 Å². The average Bonchev–Trinajstić information content (AvgIpc) is 2.76. The van der Waals surface area contributed by atoms with Crippen molar-refractivity contribution in [1.82, 2.24) is 10.7 Å². The summed E-state index contributed by atoms with van der Waals surface area (Å²) < 4.78 is 11.9.